The maximum Gasteiger partial charge on any atom is 0.488 e. The van der Waals surface area contributed by atoms with Gasteiger partial charge in [0.25, 0.3) is 0 Å². The Morgan fingerprint density at radius 2 is 1.27 bits per heavy atom. The van der Waals surface area contributed by atoms with E-state index in [-0.39, 0.29) is 5.97 Å². The summed E-state index contributed by atoms with van der Waals surface area (Å²) in [5.41, 5.74) is 6.02. The summed E-state index contributed by atoms with van der Waals surface area (Å²) in [6, 6.07) is 32.3. The van der Waals surface area contributed by atoms with Crippen molar-refractivity contribution < 1.29 is 28.4 Å². The van der Waals surface area contributed by atoms with Gasteiger partial charge in [-0.05, 0) is 59.1 Å². The lowest BCUT2D eigenvalue weighted by Gasteiger charge is -2.09. The summed E-state index contributed by atoms with van der Waals surface area (Å²) in [6.07, 6.45) is 0. The monoisotopic (exact) mass is 592 g/mol. The van der Waals surface area contributed by atoms with Crippen molar-refractivity contribution in [2.75, 3.05) is 7.11 Å². The number of esters is 1. The minimum atomic E-state index is -1.45. The SMILES string of the molecule is COC(=O)c1cc(Br)ccc1-c1ccc2oc3ccccc3c2c1.OB(O)c1ccc2oc3ccccc3c2c1. The van der Waals surface area contributed by atoms with Gasteiger partial charge in [0, 0.05) is 26.0 Å². The van der Waals surface area contributed by atoms with Crippen LogP contribution in [0.2, 0.25) is 0 Å². The lowest BCUT2D eigenvalue weighted by Crippen LogP contribution is -2.29. The Morgan fingerprint density at radius 3 is 1.90 bits per heavy atom. The highest BCUT2D eigenvalue weighted by Crippen LogP contribution is 2.34. The van der Waals surface area contributed by atoms with Crippen LogP contribution in [0, 0.1) is 0 Å². The first kappa shape index (κ1) is 25.9. The molecule has 0 aliphatic heterocycles. The molecule has 0 bridgehead atoms. The van der Waals surface area contributed by atoms with Crippen molar-refractivity contribution in [3.8, 4) is 11.1 Å². The summed E-state index contributed by atoms with van der Waals surface area (Å²) in [7, 11) is -0.0576. The maximum atomic E-state index is 12.1. The average molecular weight is 593 g/mol. The number of carbonyl (C=O) groups is 1. The molecular formula is C32H22BBrO6. The number of para-hydroxylation sites is 2. The Labute approximate surface area is 237 Å². The largest absolute Gasteiger partial charge is 0.488 e. The molecule has 8 heteroatoms. The van der Waals surface area contributed by atoms with Crippen LogP contribution >= 0.6 is 15.9 Å². The summed E-state index contributed by atoms with van der Waals surface area (Å²) >= 11 is 3.41. The number of rotatable bonds is 3. The predicted molar refractivity (Wildman–Crippen MR) is 162 cm³/mol. The Balaban J connectivity index is 0.000000157. The third-order valence-corrected chi connectivity index (χ3v) is 7.27. The van der Waals surface area contributed by atoms with Crippen LogP contribution in [-0.2, 0) is 4.74 Å². The van der Waals surface area contributed by atoms with Crippen LogP contribution in [-0.4, -0.2) is 30.2 Å². The molecule has 0 aliphatic carbocycles. The number of ether oxygens (including phenoxy) is 1. The molecule has 2 heterocycles. The molecule has 0 aliphatic rings. The fraction of sp³-hybridized carbons (Fsp3) is 0.0312. The van der Waals surface area contributed by atoms with Gasteiger partial charge in [-0.2, -0.15) is 0 Å². The van der Waals surface area contributed by atoms with E-state index in [0.29, 0.717) is 11.0 Å². The first-order valence-electron chi connectivity index (χ1n) is 12.5. The second-order valence-electron chi connectivity index (χ2n) is 9.22. The zero-order valence-electron chi connectivity index (χ0n) is 21.3. The Hall–Kier alpha value is -4.37. The van der Waals surface area contributed by atoms with Crippen molar-refractivity contribution in [1.29, 1.82) is 0 Å². The van der Waals surface area contributed by atoms with Crippen molar-refractivity contribution in [3.63, 3.8) is 0 Å². The normalized spacial score (nSPS) is 11.1. The summed E-state index contributed by atoms with van der Waals surface area (Å²) in [5.74, 6) is -0.358. The van der Waals surface area contributed by atoms with Crippen molar-refractivity contribution >= 4 is 78.4 Å². The number of benzene rings is 5. The number of hydrogen-bond donors (Lipinski definition) is 2. The fourth-order valence-electron chi connectivity index (χ4n) is 4.84. The maximum absolute atomic E-state index is 12.1. The second kappa shape index (κ2) is 10.7. The van der Waals surface area contributed by atoms with E-state index in [1.54, 1.807) is 24.3 Å². The average Bonchev–Trinajstić information content (AvgIpc) is 3.54. The molecular weight excluding hydrogens is 571 g/mol. The summed E-state index contributed by atoms with van der Waals surface area (Å²) < 4.78 is 17.2. The van der Waals surface area contributed by atoms with Gasteiger partial charge in [-0.3, -0.25) is 0 Å². The first-order chi connectivity index (χ1) is 19.4. The minimum absolute atomic E-state index is 0.358. The molecule has 0 unspecified atom stereocenters. The zero-order chi connectivity index (χ0) is 27.8. The smallest absolute Gasteiger partial charge is 0.465 e. The zero-order valence-corrected chi connectivity index (χ0v) is 22.9. The molecule has 6 nitrogen and oxygen atoms in total. The van der Waals surface area contributed by atoms with E-state index in [1.807, 2.05) is 72.8 Å². The molecule has 0 saturated carbocycles. The third-order valence-electron chi connectivity index (χ3n) is 6.77. The highest BCUT2D eigenvalue weighted by molar-refractivity contribution is 9.10. The third kappa shape index (κ3) is 4.77. The molecule has 2 aromatic heterocycles. The quantitative estimate of drug-likeness (QED) is 0.168. The van der Waals surface area contributed by atoms with Gasteiger partial charge in [0.15, 0.2) is 0 Å². The predicted octanol–water partition coefficient (Wildman–Crippen LogP) is 7.07. The van der Waals surface area contributed by atoms with E-state index in [0.717, 1.165) is 59.5 Å². The van der Waals surface area contributed by atoms with E-state index >= 15 is 0 Å². The van der Waals surface area contributed by atoms with Crippen LogP contribution in [0.25, 0.3) is 55.0 Å². The molecule has 0 radical (unpaired) electrons. The highest BCUT2D eigenvalue weighted by atomic mass is 79.9. The Bertz CT molecular complexity index is 2020. The second-order valence-corrected chi connectivity index (χ2v) is 10.1. The lowest BCUT2D eigenvalue weighted by molar-refractivity contribution is 0.0601. The van der Waals surface area contributed by atoms with Crippen LogP contribution in [0.5, 0.6) is 0 Å². The Kier molecular flexibility index (Phi) is 6.90. The Morgan fingerprint density at radius 1 is 0.700 bits per heavy atom. The van der Waals surface area contributed by atoms with E-state index < -0.39 is 7.12 Å². The van der Waals surface area contributed by atoms with E-state index in [1.165, 1.54) is 7.11 Å². The molecule has 0 atom stereocenters. The van der Waals surface area contributed by atoms with Crippen molar-refractivity contribution in [2.24, 2.45) is 0 Å². The van der Waals surface area contributed by atoms with Gasteiger partial charge >= 0.3 is 13.1 Å². The van der Waals surface area contributed by atoms with E-state index in [4.69, 9.17) is 23.6 Å². The molecule has 7 rings (SSSR count). The van der Waals surface area contributed by atoms with Gasteiger partial charge < -0.3 is 23.6 Å². The number of hydrogen-bond acceptors (Lipinski definition) is 6. The van der Waals surface area contributed by atoms with Crippen LogP contribution in [0.3, 0.4) is 0 Å². The highest BCUT2D eigenvalue weighted by Gasteiger charge is 2.16. The van der Waals surface area contributed by atoms with Gasteiger partial charge in [-0.1, -0.05) is 76.6 Å². The molecule has 7 aromatic rings. The number of halogens is 1. The molecule has 0 spiro atoms. The summed E-state index contributed by atoms with van der Waals surface area (Å²) in [6.45, 7) is 0. The van der Waals surface area contributed by atoms with Crippen LogP contribution in [0.15, 0.2) is 116 Å². The van der Waals surface area contributed by atoms with Gasteiger partial charge in [0.05, 0.1) is 12.7 Å². The molecule has 0 fully saturated rings. The van der Waals surface area contributed by atoms with Gasteiger partial charge in [-0.25, -0.2) is 4.79 Å². The molecule has 0 amide bonds. The van der Waals surface area contributed by atoms with Crippen molar-refractivity contribution in [2.45, 2.75) is 0 Å². The fourth-order valence-corrected chi connectivity index (χ4v) is 5.21. The summed E-state index contributed by atoms with van der Waals surface area (Å²) in [4.78, 5) is 12.1. The topological polar surface area (TPSA) is 93.0 Å². The van der Waals surface area contributed by atoms with Crippen molar-refractivity contribution in [3.05, 3.63) is 113 Å². The molecule has 5 aromatic carbocycles. The molecule has 40 heavy (non-hydrogen) atoms. The van der Waals surface area contributed by atoms with E-state index in [2.05, 4.69) is 22.0 Å². The van der Waals surface area contributed by atoms with Gasteiger partial charge in [-0.15, -0.1) is 0 Å². The van der Waals surface area contributed by atoms with Gasteiger partial charge in [0.2, 0.25) is 0 Å². The van der Waals surface area contributed by atoms with Crippen LogP contribution < -0.4 is 5.46 Å². The number of carbonyl (C=O) groups excluding carboxylic acids is 1. The minimum Gasteiger partial charge on any atom is -0.465 e. The number of fused-ring (bicyclic) bond motifs is 6. The van der Waals surface area contributed by atoms with Crippen LogP contribution in [0.4, 0.5) is 0 Å². The standard InChI is InChI=1S/C20H13BrO3.C12H9BO3/c1-23-20(22)17-11-13(21)7-8-14(17)12-6-9-19-16(10-12)15-4-2-3-5-18(15)24-19;14-13(15)8-5-6-12-10(7-8)9-3-1-2-4-11(9)16-12/h2-11H,1H3;1-7,14-15H. The molecule has 0 saturated heterocycles. The van der Waals surface area contributed by atoms with Crippen LogP contribution in [0.1, 0.15) is 10.4 Å². The number of methoxy groups -OCH3 is 1. The van der Waals surface area contributed by atoms with E-state index in [9.17, 15) is 4.79 Å². The number of furan rings is 2. The molecule has 2 N–H and O–H groups in total. The van der Waals surface area contributed by atoms with Gasteiger partial charge in [0.1, 0.15) is 22.3 Å². The van der Waals surface area contributed by atoms with Crippen molar-refractivity contribution in [1.82, 2.24) is 0 Å². The lowest BCUT2D eigenvalue weighted by atomic mass is 9.80. The first-order valence-corrected chi connectivity index (χ1v) is 13.3. The molecule has 196 valence electrons. The summed E-state index contributed by atoms with van der Waals surface area (Å²) in [5, 5.41) is 22.2.